The third kappa shape index (κ3) is 24.9. The van der Waals surface area contributed by atoms with Gasteiger partial charge >= 0.3 is 0 Å². The molecule has 0 aromatic heterocycles. The summed E-state index contributed by atoms with van der Waals surface area (Å²) in [6, 6.07) is 1.75. The number of hydrogen-bond acceptors (Lipinski definition) is 1. The van der Waals surface area contributed by atoms with Gasteiger partial charge in [0, 0.05) is 6.92 Å². The molecule has 0 bridgehead atoms. The Morgan fingerprint density at radius 1 is 1.17 bits per heavy atom. The van der Waals surface area contributed by atoms with Crippen LogP contribution < -0.4 is 0 Å². The average Bonchev–Trinajstić information content (AvgIpc) is 2.58. The van der Waals surface area contributed by atoms with Gasteiger partial charge in [0.25, 0.3) is 0 Å². The first-order chi connectivity index (χ1) is 11.7. The van der Waals surface area contributed by atoms with E-state index in [1.807, 2.05) is 40.7 Å². The lowest BCUT2D eigenvalue weighted by Crippen LogP contribution is -1.88. The molecule has 24 heavy (non-hydrogen) atoms. The second-order valence-electron chi connectivity index (χ2n) is 3.94. The molecule has 0 N–H and O–H groups in total. The van der Waals surface area contributed by atoms with Gasteiger partial charge < -0.3 is 0 Å². The van der Waals surface area contributed by atoms with Gasteiger partial charge in [-0.1, -0.05) is 89.8 Å². The summed E-state index contributed by atoms with van der Waals surface area (Å²) in [6.45, 7) is 20.6. The molecule has 0 heterocycles. The Kier molecular flexibility index (Phi) is 40.8. The summed E-state index contributed by atoms with van der Waals surface area (Å²) >= 11 is 0. The molecule has 0 saturated carbocycles. The molecule has 0 aromatic carbocycles. The zero-order valence-corrected chi connectivity index (χ0v) is 17.1. The number of hydrogen-bond donors (Lipinski definition) is 0. The molecule has 0 unspecified atom stereocenters. The van der Waals surface area contributed by atoms with Crippen LogP contribution in [0.2, 0.25) is 0 Å². The SMILES string of the molecule is C=C/C=C(CC)/C1=C/C/C=C\C=C/C1.C=CC.CC.CC.CC#N. The summed E-state index contributed by atoms with van der Waals surface area (Å²) in [6.07, 6.45) is 19.8. The van der Waals surface area contributed by atoms with Crippen LogP contribution in [-0.4, -0.2) is 0 Å². The highest BCUT2D eigenvalue weighted by Crippen LogP contribution is 2.20. The monoisotopic (exact) mass is 329 g/mol. The summed E-state index contributed by atoms with van der Waals surface area (Å²) in [5.74, 6) is 0. The normalized spacial score (nSPS) is 16.2. The smallest absolute Gasteiger partial charge is 0.0587 e. The first kappa shape index (κ1) is 29.9. The first-order valence-electron chi connectivity index (χ1n) is 8.92. The molecular weight excluding hydrogens is 290 g/mol. The molecule has 0 atom stereocenters. The first-order valence-corrected chi connectivity index (χ1v) is 8.92. The maximum atomic E-state index is 7.32. The Bertz CT molecular complexity index is 412. The van der Waals surface area contributed by atoms with Crippen LogP contribution >= 0.6 is 0 Å². The highest BCUT2D eigenvalue weighted by atomic mass is 14.2. The Labute approximate surface area is 152 Å². The fraction of sp³-hybridized carbons (Fsp3) is 0.435. The largest absolute Gasteiger partial charge is 0.199 e. The Hall–Kier alpha value is -2.07. The predicted molar refractivity (Wildman–Crippen MR) is 114 cm³/mol. The summed E-state index contributed by atoms with van der Waals surface area (Å²) in [4.78, 5) is 0. The minimum absolute atomic E-state index is 1.04. The van der Waals surface area contributed by atoms with E-state index in [-0.39, 0.29) is 0 Å². The van der Waals surface area contributed by atoms with E-state index < -0.39 is 0 Å². The second kappa shape index (κ2) is 32.8. The van der Waals surface area contributed by atoms with Crippen molar-refractivity contribution < 1.29 is 0 Å². The summed E-state index contributed by atoms with van der Waals surface area (Å²) in [5, 5.41) is 7.32. The van der Waals surface area contributed by atoms with Crippen LogP contribution in [0.25, 0.3) is 0 Å². The number of rotatable bonds is 3. The molecule has 0 fully saturated rings. The number of nitriles is 1. The summed E-state index contributed by atoms with van der Waals surface area (Å²) in [7, 11) is 0. The topological polar surface area (TPSA) is 23.8 Å². The minimum Gasteiger partial charge on any atom is -0.199 e. The fourth-order valence-electron chi connectivity index (χ4n) is 1.58. The van der Waals surface area contributed by atoms with E-state index in [9.17, 15) is 0 Å². The van der Waals surface area contributed by atoms with Crippen LogP contribution in [0.1, 0.15) is 67.7 Å². The Morgan fingerprint density at radius 3 is 2.04 bits per heavy atom. The van der Waals surface area contributed by atoms with Crippen LogP contribution in [-0.2, 0) is 0 Å². The predicted octanol–water partition coefficient (Wildman–Crippen LogP) is 8.12. The molecule has 0 aromatic rings. The minimum atomic E-state index is 1.04. The van der Waals surface area contributed by atoms with Gasteiger partial charge in [0.05, 0.1) is 6.07 Å². The van der Waals surface area contributed by atoms with Gasteiger partial charge in [-0.25, -0.2) is 0 Å². The van der Waals surface area contributed by atoms with Gasteiger partial charge in [0.1, 0.15) is 0 Å². The maximum Gasteiger partial charge on any atom is 0.0587 e. The van der Waals surface area contributed by atoms with Gasteiger partial charge in [-0.05, 0) is 37.3 Å². The maximum absolute atomic E-state index is 7.32. The molecule has 0 amide bonds. The van der Waals surface area contributed by atoms with Crippen molar-refractivity contribution in [3.05, 3.63) is 72.9 Å². The molecule has 136 valence electrons. The van der Waals surface area contributed by atoms with Crippen LogP contribution in [0.5, 0.6) is 0 Å². The molecule has 0 aliphatic heterocycles. The highest BCUT2D eigenvalue weighted by molar-refractivity contribution is 5.36. The van der Waals surface area contributed by atoms with Crippen molar-refractivity contribution >= 4 is 0 Å². The molecule has 1 nitrogen and oxygen atoms in total. The fourth-order valence-corrected chi connectivity index (χ4v) is 1.58. The van der Waals surface area contributed by atoms with E-state index >= 15 is 0 Å². The van der Waals surface area contributed by atoms with Gasteiger partial charge in [0.15, 0.2) is 0 Å². The van der Waals surface area contributed by atoms with Crippen LogP contribution in [0.3, 0.4) is 0 Å². The summed E-state index contributed by atoms with van der Waals surface area (Å²) in [5.41, 5.74) is 2.84. The highest BCUT2D eigenvalue weighted by Gasteiger charge is 2.00. The van der Waals surface area contributed by atoms with Crippen molar-refractivity contribution in [1.82, 2.24) is 0 Å². The van der Waals surface area contributed by atoms with E-state index in [1.54, 1.807) is 12.1 Å². The van der Waals surface area contributed by atoms with Crippen molar-refractivity contribution in [2.24, 2.45) is 0 Å². The van der Waals surface area contributed by atoms with Crippen molar-refractivity contribution in [2.75, 3.05) is 0 Å². The van der Waals surface area contributed by atoms with Gasteiger partial charge in [-0.2, -0.15) is 5.26 Å². The van der Waals surface area contributed by atoms with Gasteiger partial charge in [-0.15, -0.1) is 6.58 Å². The molecule has 1 rings (SSSR count). The lowest BCUT2D eigenvalue weighted by Gasteiger charge is -2.08. The van der Waals surface area contributed by atoms with Crippen molar-refractivity contribution in [3.8, 4) is 6.07 Å². The molecule has 0 spiro atoms. The Balaban J connectivity index is -0.000000168. The number of allylic oxidation sites excluding steroid dienone is 10. The van der Waals surface area contributed by atoms with Crippen LogP contribution in [0.4, 0.5) is 0 Å². The number of nitrogens with zero attached hydrogens (tertiary/aromatic N) is 1. The van der Waals surface area contributed by atoms with Crippen molar-refractivity contribution in [1.29, 1.82) is 5.26 Å². The molecule has 1 aliphatic carbocycles. The molecule has 1 aliphatic rings. The van der Waals surface area contributed by atoms with Crippen molar-refractivity contribution in [2.45, 2.75) is 67.7 Å². The van der Waals surface area contributed by atoms with E-state index in [2.05, 4.69) is 56.5 Å². The van der Waals surface area contributed by atoms with E-state index in [0.29, 0.717) is 0 Å². The molecular formula is C23H39N. The molecule has 0 saturated heterocycles. The zero-order valence-electron chi connectivity index (χ0n) is 17.1. The average molecular weight is 330 g/mol. The third-order valence-electron chi connectivity index (χ3n) is 2.33. The Morgan fingerprint density at radius 2 is 1.62 bits per heavy atom. The van der Waals surface area contributed by atoms with E-state index in [4.69, 9.17) is 5.26 Å². The zero-order chi connectivity index (χ0) is 19.6. The van der Waals surface area contributed by atoms with Crippen LogP contribution in [0, 0.1) is 11.3 Å². The quantitative estimate of drug-likeness (QED) is 0.379. The lowest BCUT2D eigenvalue weighted by atomic mass is 9.97. The molecule has 1 heteroatoms. The van der Waals surface area contributed by atoms with Crippen molar-refractivity contribution in [3.63, 3.8) is 0 Å². The second-order valence-corrected chi connectivity index (χ2v) is 3.94. The van der Waals surface area contributed by atoms with Gasteiger partial charge in [0.2, 0.25) is 0 Å². The van der Waals surface area contributed by atoms with Gasteiger partial charge in [-0.3, -0.25) is 0 Å². The lowest BCUT2D eigenvalue weighted by molar-refractivity contribution is 1.05. The summed E-state index contributed by atoms with van der Waals surface area (Å²) < 4.78 is 0. The third-order valence-corrected chi connectivity index (χ3v) is 2.33. The van der Waals surface area contributed by atoms with Crippen LogP contribution in [0.15, 0.2) is 72.9 Å². The van der Waals surface area contributed by atoms with E-state index in [1.165, 1.54) is 18.1 Å². The molecule has 0 radical (unpaired) electrons. The van der Waals surface area contributed by atoms with E-state index in [0.717, 1.165) is 19.3 Å². The standard InChI is InChI=1S/C14H18.C3H6.C2H3N.2C2H6/c1-3-10-13(4-2)14-11-8-6-5-7-9-12-14;1-3-2;1-2-3;2*1-2/h3,5-8,10,12H,1,4,9,11H2,2H3;3H,1H2,2H3;1H3;2*1-2H3/b7-5-,8-6-,13-10+,14-12+;;;;.